The Morgan fingerprint density at radius 2 is 0.321 bits per heavy atom. The van der Waals surface area contributed by atoms with Gasteiger partial charge in [-0.15, -0.1) is 0 Å². The molecular formula is C48H32Br4Si. The van der Waals surface area contributed by atoms with Gasteiger partial charge in [-0.1, -0.05) is 209 Å². The molecule has 0 amide bonds. The van der Waals surface area contributed by atoms with Crippen molar-refractivity contribution in [2.75, 3.05) is 0 Å². The first-order chi connectivity index (χ1) is 25.9. The van der Waals surface area contributed by atoms with Crippen LogP contribution in [0.25, 0.3) is 44.5 Å². The maximum atomic E-state index is 3.60. The number of benzene rings is 8. The molecule has 8 rings (SSSR count). The molecule has 8 aromatic carbocycles. The number of hydrogen-bond acceptors (Lipinski definition) is 0. The van der Waals surface area contributed by atoms with Crippen molar-refractivity contribution < 1.29 is 0 Å². The normalized spacial score (nSPS) is 11.4. The fourth-order valence-corrected chi connectivity index (χ4v) is 12.9. The minimum absolute atomic E-state index is 1.08. The average Bonchev–Trinajstić information content (AvgIpc) is 3.20. The van der Waals surface area contributed by atoms with E-state index in [1.807, 2.05) is 0 Å². The molecule has 0 radical (unpaired) electrons. The van der Waals surface area contributed by atoms with Gasteiger partial charge in [-0.3, -0.25) is 0 Å². The molecule has 0 fully saturated rings. The van der Waals surface area contributed by atoms with Gasteiger partial charge in [-0.25, -0.2) is 0 Å². The SMILES string of the molecule is Brc1ccc(-c2ccc([Si](c3ccc(-c4ccc(Br)cc4)cc3)(c3ccc(-c4ccc(Br)cc4)cc3)c3ccc(-c4ccc(Br)cc4)cc3)cc2)cc1. The fourth-order valence-electron chi connectivity index (χ4n) is 7.22. The summed E-state index contributed by atoms with van der Waals surface area (Å²) >= 11 is 14.4. The lowest BCUT2D eigenvalue weighted by Crippen LogP contribution is -2.74. The Morgan fingerprint density at radius 3 is 0.472 bits per heavy atom. The summed E-state index contributed by atoms with van der Waals surface area (Å²) in [5.74, 6) is 0. The molecule has 0 aliphatic carbocycles. The molecule has 0 aromatic heterocycles. The van der Waals surface area contributed by atoms with Crippen molar-refractivity contribution in [3.05, 3.63) is 212 Å². The van der Waals surface area contributed by atoms with Gasteiger partial charge < -0.3 is 0 Å². The van der Waals surface area contributed by atoms with E-state index in [0.29, 0.717) is 0 Å². The van der Waals surface area contributed by atoms with Crippen LogP contribution in [-0.2, 0) is 0 Å². The van der Waals surface area contributed by atoms with E-state index in [1.54, 1.807) is 0 Å². The molecule has 0 nitrogen and oxygen atoms in total. The van der Waals surface area contributed by atoms with E-state index in [4.69, 9.17) is 0 Å². The Morgan fingerprint density at radius 1 is 0.189 bits per heavy atom. The van der Waals surface area contributed by atoms with Crippen molar-refractivity contribution in [3.63, 3.8) is 0 Å². The lowest BCUT2D eigenvalue weighted by molar-refractivity contribution is 1.58. The highest BCUT2D eigenvalue weighted by atomic mass is 79.9. The van der Waals surface area contributed by atoms with Crippen LogP contribution in [0.1, 0.15) is 0 Å². The highest BCUT2D eigenvalue weighted by Gasteiger charge is 2.41. The van der Waals surface area contributed by atoms with Gasteiger partial charge in [0.05, 0.1) is 0 Å². The first-order valence-electron chi connectivity index (χ1n) is 17.3. The minimum Gasteiger partial charge on any atom is -0.0613 e. The Hall–Kier alpha value is -4.10. The third-order valence-corrected chi connectivity index (χ3v) is 16.9. The van der Waals surface area contributed by atoms with Crippen LogP contribution in [0, 0.1) is 0 Å². The lowest BCUT2D eigenvalue weighted by Gasteiger charge is -2.35. The maximum Gasteiger partial charge on any atom is 0.179 e. The molecule has 0 aliphatic heterocycles. The number of hydrogen-bond donors (Lipinski definition) is 0. The third-order valence-electron chi connectivity index (χ3n) is 9.98. The van der Waals surface area contributed by atoms with Gasteiger partial charge >= 0.3 is 0 Å². The first-order valence-corrected chi connectivity index (χ1v) is 22.5. The summed E-state index contributed by atoms with van der Waals surface area (Å²) in [7, 11) is -2.86. The standard InChI is InChI=1S/C48H32Br4Si/c49-41-17-1-33(2-18-41)37-9-25-45(26-10-37)53(46-27-11-38(12-28-46)34-3-19-42(50)20-4-34,47-29-13-39(14-30-47)35-5-21-43(51)22-6-35)48-31-15-40(16-32-48)36-7-23-44(52)24-8-36/h1-32H. The smallest absolute Gasteiger partial charge is 0.0613 e. The summed E-state index contributed by atoms with van der Waals surface area (Å²) in [4.78, 5) is 0. The van der Waals surface area contributed by atoms with Crippen molar-refractivity contribution in [2.24, 2.45) is 0 Å². The zero-order chi connectivity index (χ0) is 36.4. The summed E-state index contributed by atoms with van der Waals surface area (Å²) in [5, 5.41) is 5.34. The number of halogens is 4. The zero-order valence-corrected chi connectivity index (χ0v) is 35.8. The highest BCUT2D eigenvalue weighted by molar-refractivity contribution is 9.11. The molecule has 256 valence electrons. The Balaban J connectivity index is 1.33. The van der Waals surface area contributed by atoms with Gasteiger partial charge in [0.1, 0.15) is 0 Å². The van der Waals surface area contributed by atoms with Crippen molar-refractivity contribution in [1.29, 1.82) is 0 Å². The fraction of sp³-hybridized carbons (Fsp3) is 0. The van der Waals surface area contributed by atoms with Gasteiger partial charge in [0.15, 0.2) is 8.07 Å². The third kappa shape index (κ3) is 7.51. The van der Waals surface area contributed by atoms with Crippen LogP contribution in [0.2, 0.25) is 0 Å². The van der Waals surface area contributed by atoms with Gasteiger partial charge in [-0.05, 0) is 114 Å². The molecule has 0 saturated carbocycles. The molecule has 0 unspecified atom stereocenters. The predicted octanol–water partition coefficient (Wildman–Crippen LogP) is 12.8. The van der Waals surface area contributed by atoms with Crippen molar-refractivity contribution in [2.45, 2.75) is 0 Å². The van der Waals surface area contributed by atoms with E-state index in [0.717, 1.165) is 17.9 Å². The van der Waals surface area contributed by atoms with Crippen LogP contribution in [0.15, 0.2) is 212 Å². The molecule has 0 saturated heterocycles. The molecule has 5 heteroatoms. The Bertz CT molecular complexity index is 2090. The zero-order valence-electron chi connectivity index (χ0n) is 28.5. The molecule has 0 N–H and O–H groups in total. The van der Waals surface area contributed by atoms with Gasteiger partial charge in [0.2, 0.25) is 0 Å². The van der Waals surface area contributed by atoms with E-state index < -0.39 is 8.07 Å². The molecule has 0 atom stereocenters. The quantitative estimate of drug-likeness (QED) is 0.105. The molecule has 8 aromatic rings. The van der Waals surface area contributed by atoms with E-state index in [1.165, 1.54) is 65.3 Å². The van der Waals surface area contributed by atoms with E-state index in [9.17, 15) is 0 Å². The average molecular weight is 956 g/mol. The van der Waals surface area contributed by atoms with Crippen LogP contribution < -0.4 is 20.7 Å². The first kappa shape index (κ1) is 35.9. The van der Waals surface area contributed by atoms with E-state index >= 15 is 0 Å². The second kappa shape index (κ2) is 15.7. The van der Waals surface area contributed by atoms with Crippen LogP contribution >= 0.6 is 63.7 Å². The topological polar surface area (TPSA) is 0 Å². The summed E-state index contributed by atoms with van der Waals surface area (Å²) in [6.07, 6.45) is 0. The van der Waals surface area contributed by atoms with Crippen molar-refractivity contribution >= 4 is 92.5 Å². The van der Waals surface area contributed by atoms with Crippen molar-refractivity contribution in [3.8, 4) is 44.5 Å². The second-order valence-corrected chi connectivity index (χ2v) is 20.6. The Kier molecular flexibility index (Phi) is 10.6. The summed E-state index contributed by atoms with van der Waals surface area (Å²) in [6, 6.07) is 71.6. The maximum absolute atomic E-state index is 3.60. The van der Waals surface area contributed by atoms with E-state index in [-0.39, 0.29) is 0 Å². The van der Waals surface area contributed by atoms with Gasteiger partial charge in [0, 0.05) is 17.9 Å². The predicted molar refractivity (Wildman–Crippen MR) is 243 cm³/mol. The molecule has 53 heavy (non-hydrogen) atoms. The van der Waals surface area contributed by atoms with Crippen LogP contribution in [-0.4, -0.2) is 8.07 Å². The van der Waals surface area contributed by atoms with Crippen LogP contribution in [0.4, 0.5) is 0 Å². The van der Waals surface area contributed by atoms with Gasteiger partial charge in [-0.2, -0.15) is 0 Å². The minimum atomic E-state index is -2.86. The molecular weight excluding hydrogens is 924 g/mol. The molecule has 0 heterocycles. The lowest BCUT2D eigenvalue weighted by atomic mass is 10.1. The monoisotopic (exact) mass is 952 g/mol. The number of rotatable bonds is 8. The summed E-state index contributed by atoms with van der Waals surface area (Å²) in [6.45, 7) is 0. The summed E-state index contributed by atoms with van der Waals surface area (Å²) < 4.78 is 4.31. The molecule has 0 aliphatic rings. The molecule has 0 bridgehead atoms. The largest absolute Gasteiger partial charge is 0.179 e. The summed E-state index contributed by atoms with van der Waals surface area (Å²) in [5.41, 5.74) is 9.59. The van der Waals surface area contributed by atoms with E-state index in [2.05, 4.69) is 258 Å². The van der Waals surface area contributed by atoms with Gasteiger partial charge in [0.25, 0.3) is 0 Å². The van der Waals surface area contributed by atoms with Crippen LogP contribution in [0.3, 0.4) is 0 Å². The second-order valence-electron chi connectivity index (χ2n) is 13.1. The van der Waals surface area contributed by atoms with Crippen molar-refractivity contribution in [1.82, 2.24) is 0 Å². The Labute approximate surface area is 346 Å². The molecule has 0 spiro atoms. The van der Waals surface area contributed by atoms with Crippen LogP contribution in [0.5, 0.6) is 0 Å². The highest BCUT2D eigenvalue weighted by Crippen LogP contribution is 2.27.